The van der Waals surface area contributed by atoms with E-state index in [0.29, 0.717) is 13.1 Å². The SMILES string of the molecule is CC(C)C1CCC(CN2CCN(S(C)(=O)=O)CC2)CC1. The first-order valence-electron chi connectivity index (χ1n) is 8.03. The van der Waals surface area contributed by atoms with Crippen LogP contribution >= 0.6 is 0 Å². The van der Waals surface area contributed by atoms with Crippen molar-refractivity contribution in [3.05, 3.63) is 0 Å². The van der Waals surface area contributed by atoms with Crippen molar-refractivity contribution in [1.82, 2.24) is 9.21 Å². The predicted molar refractivity (Wildman–Crippen MR) is 83.1 cm³/mol. The van der Waals surface area contributed by atoms with E-state index >= 15 is 0 Å². The third-order valence-corrected chi connectivity index (χ3v) is 6.45. The maximum atomic E-state index is 11.5. The van der Waals surface area contributed by atoms with Crippen LogP contribution in [-0.2, 0) is 10.0 Å². The fraction of sp³-hybridized carbons (Fsp3) is 1.00. The molecule has 20 heavy (non-hydrogen) atoms. The van der Waals surface area contributed by atoms with Gasteiger partial charge in [0.2, 0.25) is 10.0 Å². The molecule has 0 unspecified atom stereocenters. The lowest BCUT2D eigenvalue weighted by Crippen LogP contribution is -2.49. The van der Waals surface area contributed by atoms with Gasteiger partial charge in [-0.2, -0.15) is 4.31 Å². The fourth-order valence-electron chi connectivity index (χ4n) is 3.65. The summed E-state index contributed by atoms with van der Waals surface area (Å²) in [5.41, 5.74) is 0. The molecule has 1 aliphatic heterocycles. The average molecular weight is 302 g/mol. The van der Waals surface area contributed by atoms with Gasteiger partial charge in [0, 0.05) is 32.7 Å². The second-order valence-electron chi connectivity index (χ2n) is 6.99. The molecule has 0 bridgehead atoms. The van der Waals surface area contributed by atoms with E-state index in [1.165, 1.54) is 38.5 Å². The first-order valence-corrected chi connectivity index (χ1v) is 9.88. The number of piperazine rings is 1. The molecule has 1 aliphatic carbocycles. The van der Waals surface area contributed by atoms with Crippen molar-refractivity contribution in [2.75, 3.05) is 39.0 Å². The van der Waals surface area contributed by atoms with Crippen LogP contribution in [0.25, 0.3) is 0 Å². The van der Waals surface area contributed by atoms with E-state index in [2.05, 4.69) is 18.7 Å². The molecule has 1 saturated carbocycles. The molecule has 2 fully saturated rings. The van der Waals surface area contributed by atoms with Gasteiger partial charge in [0.05, 0.1) is 6.26 Å². The highest BCUT2D eigenvalue weighted by Crippen LogP contribution is 2.33. The van der Waals surface area contributed by atoms with Crippen molar-refractivity contribution in [3.8, 4) is 0 Å². The second-order valence-corrected chi connectivity index (χ2v) is 8.97. The summed E-state index contributed by atoms with van der Waals surface area (Å²) in [5.74, 6) is 2.58. The molecule has 4 nitrogen and oxygen atoms in total. The molecule has 0 aromatic rings. The lowest BCUT2D eigenvalue weighted by molar-refractivity contribution is 0.132. The minimum Gasteiger partial charge on any atom is -0.300 e. The Kier molecular flexibility index (Phi) is 5.49. The van der Waals surface area contributed by atoms with E-state index in [4.69, 9.17) is 0 Å². The summed E-state index contributed by atoms with van der Waals surface area (Å²) in [6.07, 6.45) is 6.79. The van der Waals surface area contributed by atoms with Gasteiger partial charge in [0.15, 0.2) is 0 Å². The Morgan fingerprint density at radius 2 is 1.55 bits per heavy atom. The van der Waals surface area contributed by atoms with E-state index in [1.807, 2.05) is 0 Å². The van der Waals surface area contributed by atoms with Gasteiger partial charge in [0.25, 0.3) is 0 Å². The Bertz CT molecular complexity index is 392. The molecule has 1 heterocycles. The minimum absolute atomic E-state index is 0.667. The van der Waals surface area contributed by atoms with Crippen LogP contribution in [0.5, 0.6) is 0 Å². The molecule has 0 N–H and O–H groups in total. The minimum atomic E-state index is -2.99. The summed E-state index contributed by atoms with van der Waals surface area (Å²) in [6.45, 7) is 8.99. The quantitative estimate of drug-likeness (QED) is 0.798. The van der Waals surface area contributed by atoms with Crippen LogP contribution in [-0.4, -0.2) is 56.6 Å². The molecule has 0 aromatic heterocycles. The van der Waals surface area contributed by atoms with Crippen molar-refractivity contribution in [3.63, 3.8) is 0 Å². The van der Waals surface area contributed by atoms with Crippen LogP contribution in [0.3, 0.4) is 0 Å². The fourth-order valence-corrected chi connectivity index (χ4v) is 4.47. The maximum Gasteiger partial charge on any atom is 0.211 e. The highest BCUT2D eigenvalue weighted by Gasteiger charge is 2.27. The molecule has 0 amide bonds. The molecule has 0 spiro atoms. The Labute approximate surface area is 124 Å². The average Bonchev–Trinajstić information content (AvgIpc) is 2.39. The van der Waals surface area contributed by atoms with E-state index in [0.717, 1.165) is 30.8 Å². The summed E-state index contributed by atoms with van der Waals surface area (Å²) >= 11 is 0. The van der Waals surface area contributed by atoms with Crippen molar-refractivity contribution < 1.29 is 8.42 Å². The molecule has 2 aliphatic rings. The summed E-state index contributed by atoms with van der Waals surface area (Å²) in [5, 5.41) is 0. The number of hydrogen-bond acceptors (Lipinski definition) is 3. The van der Waals surface area contributed by atoms with Gasteiger partial charge >= 0.3 is 0 Å². The van der Waals surface area contributed by atoms with Gasteiger partial charge in [-0.25, -0.2) is 8.42 Å². The molecule has 0 radical (unpaired) electrons. The highest BCUT2D eigenvalue weighted by molar-refractivity contribution is 7.88. The van der Waals surface area contributed by atoms with Crippen LogP contribution in [0.4, 0.5) is 0 Å². The number of sulfonamides is 1. The Hall–Kier alpha value is -0.130. The number of rotatable bonds is 4. The molecule has 1 saturated heterocycles. The first-order chi connectivity index (χ1) is 9.36. The zero-order chi connectivity index (χ0) is 14.8. The smallest absolute Gasteiger partial charge is 0.211 e. The summed E-state index contributed by atoms with van der Waals surface area (Å²) in [6, 6.07) is 0. The van der Waals surface area contributed by atoms with Crippen molar-refractivity contribution in [1.29, 1.82) is 0 Å². The van der Waals surface area contributed by atoms with Crippen molar-refractivity contribution in [2.45, 2.75) is 39.5 Å². The van der Waals surface area contributed by atoms with Crippen molar-refractivity contribution >= 4 is 10.0 Å². The van der Waals surface area contributed by atoms with Gasteiger partial charge in [-0.05, 0) is 43.4 Å². The van der Waals surface area contributed by atoms with E-state index in [1.54, 1.807) is 4.31 Å². The molecule has 5 heteroatoms. The second kappa shape index (κ2) is 6.75. The van der Waals surface area contributed by atoms with Crippen molar-refractivity contribution in [2.24, 2.45) is 17.8 Å². The molecule has 0 atom stereocenters. The summed E-state index contributed by atoms with van der Waals surface area (Å²) in [7, 11) is -2.99. The van der Waals surface area contributed by atoms with Gasteiger partial charge in [-0.1, -0.05) is 13.8 Å². The number of nitrogens with zero attached hydrogens (tertiary/aromatic N) is 2. The first kappa shape index (κ1) is 16.2. The predicted octanol–water partition coefficient (Wildman–Crippen LogP) is 2.03. The Morgan fingerprint density at radius 1 is 1.00 bits per heavy atom. The van der Waals surface area contributed by atoms with E-state index in [-0.39, 0.29) is 0 Å². The molecular formula is C15H30N2O2S. The third kappa shape index (κ3) is 4.43. The number of hydrogen-bond donors (Lipinski definition) is 0. The van der Waals surface area contributed by atoms with Gasteiger partial charge < -0.3 is 4.90 Å². The zero-order valence-corrected chi connectivity index (χ0v) is 14.0. The lowest BCUT2D eigenvalue weighted by Gasteiger charge is -2.37. The monoisotopic (exact) mass is 302 g/mol. The van der Waals surface area contributed by atoms with Crippen LogP contribution in [0, 0.1) is 17.8 Å². The molecule has 2 rings (SSSR count). The molecular weight excluding hydrogens is 272 g/mol. The Morgan fingerprint density at radius 3 is 2.00 bits per heavy atom. The van der Waals surface area contributed by atoms with E-state index < -0.39 is 10.0 Å². The highest BCUT2D eigenvalue weighted by atomic mass is 32.2. The third-order valence-electron chi connectivity index (χ3n) is 5.15. The lowest BCUT2D eigenvalue weighted by atomic mass is 9.77. The standard InChI is InChI=1S/C15H30N2O2S/c1-13(2)15-6-4-14(5-7-15)12-16-8-10-17(11-9-16)20(3,18)19/h13-15H,4-12H2,1-3H3. The maximum absolute atomic E-state index is 11.5. The van der Waals surface area contributed by atoms with Gasteiger partial charge in [0.1, 0.15) is 0 Å². The van der Waals surface area contributed by atoms with Gasteiger partial charge in [-0.15, -0.1) is 0 Å². The largest absolute Gasteiger partial charge is 0.300 e. The molecule has 118 valence electrons. The zero-order valence-electron chi connectivity index (χ0n) is 13.2. The summed E-state index contributed by atoms with van der Waals surface area (Å²) < 4.78 is 24.6. The normalized spacial score (nSPS) is 30.8. The van der Waals surface area contributed by atoms with Crippen LogP contribution < -0.4 is 0 Å². The molecule has 0 aromatic carbocycles. The van der Waals surface area contributed by atoms with Crippen LogP contribution in [0.2, 0.25) is 0 Å². The van der Waals surface area contributed by atoms with Crippen LogP contribution in [0.1, 0.15) is 39.5 Å². The summed E-state index contributed by atoms with van der Waals surface area (Å²) in [4.78, 5) is 2.46. The Balaban J connectivity index is 1.72. The van der Waals surface area contributed by atoms with Gasteiger partial charge in [-0.3, -0.25) is 0 Å². The van der Waals surface area contributed by atoms with E-state index in [9.17, 15) is 8.42 Å². The van der Waals surface area contributed by atoms with Crippen LogP contribution in [0.15, 0.2) is 0 Å². The topological polar surface area (TPSA) is 40.6 Å².